The number of anilines is 1. The maximum Gasteiger partial charge on any atom is 0.160 e. The maximum atomic E-state index is 11.3. The number of pyridine rings is 1. The molecule has 0 amide bonds. The van der Waals surface area contributed by atoms with E-state index in [0.29, 0.717) is 17.5 Å². The fraction of sp³-hybridized carbons (Fsp3) is 0.360. The lowest BCUT2D eigenvalue weighted by atomic mass is 10.0. The Bertz CT molecular complexity index is 1310. The van der Waals surface area contributed by atoms with Crippen molar-refractivity contribution in [1.29, 1.82) is 0 Å². The van der Waals surface area contributed by atoms with Crippen molar-refractivity contribution in [3.8, 4) is 11.1 Å². The fourth-order valence-corrected chi connectivity index (χ4v) is 5.94. The van der Waals surface area contributed by atoms with Crippen LogP contribution in [0.4, 0.5) is 5.00 Å². The van der Waals surface area contributed by atoms with Crippen molar-refractivity contribution in [1.82, 2.24) is 14.5 Å². The summed E-state index contributed by atoms with van der Waals surface area (Å²) in [7, 11) is 0. The molecule has 4 rings (SSSR count). The van der Waals surface area contributed by atoms with Crippen LogP contribution in [0.3, 0.4) is 0 Å². The van der Waals surface area contributed by atoms with Gasteiger partial charge in [-0.2, -0.15) is 0 Å². The Labute approximate surface area is 201 Å². The van der Waals surface area contributed by atoms with Crippen LogP contribution in [0.1, 0.15) is 48.3 Å². The number of thiophene rings is 1. The maximum absolute atomic E-state index is 11.3. The van der Waals surface area contributed by atoms with Crippen molar-refractivity contribution in [3.05, 3.63) is 63.9 Å². The van der Waals surface area contributed by atoms with Crippen LogP contribution < -0.4 is 4.72 Å². The van der Waals surface area contributed by atoms with E-state index in [2.05, 4.69) is 73.4 Å². The molecule has 4 aromatic rings. The quantitative estimate of drug-likeness (QED) is 0.323. The highest BCUT2D eigenvalue weighted by molar-refractivity contribution is 7.80. The molecule has 3 heterocycles. The van der Waals surface area contributed by atoms with Gasteiger partial charge in [0.2, 0.25) is 0 Å². The summed E-state index contributed by atoms with van der Waals surface area (Å²) in [6, 6.07) is 12.5. The lowest BCUT2D eigenvalue weighted by molar-refractivity contribution is 0.543. The molecule has 0 radical (unpaired) electrons. The molecular formula is C25H29N4O2S2-. The number of nitrogens with zero attached hydrogens (tertiary/aromatic N) is 3. The lowest BCUT2D eigenvalue weighted by Gasteiger charge is -2.11. The molecule has 0 spiro atoms. The van der Waals surface area contributed by atoms with Gasteiger partial charge in [-0.25, -0.2) is 9.97 Å². The van der Waals surface area contributed by atoms with Crippen molar-refractivity contribution in [2.75, 3.05) is 4.72 Å². The summed E-state index contributed by atoms with van der Waals surface area (Å²) in [6.45, 7) is 11.2. The molecule has 1 aromatic carbocycles. The lowest BCUT2D eigenvalue weighted by Crippen LogP contribution is -2.05. The molecule has 0 fully saturated rings. The van der Waals surface area contributed by atoms with Crippen LogP contribution in [-0.4, -0.2) is 23.3 Å². The number of fused-ring (bicyclic) bond motifs is 1. The van der Waals surface area contributed by atoms with E-state index < -0.39 is 11.3 Å². The van der Waals surface area contributed by atoms with Gasteiger partial charge >= 0.3 is 0 Å². The van der Waals surface area contributed by atoms with E-state index in [-0.39, 0.29) is 0 Å². The average Bonchev–Trinajstić information content (AvgIpc) is 3.29. The third-order valence-corrected chi connectivity index (χ3v) is 7.16. The molecule has 0 aliphatic carbocycles. The predicted octanol–water partition coefficient (Wildman–Crippen LogP) is 5.79. The van der Waals surface area contributed by atoms with Crippen LogP contribution >= 0.6 is 11.3 Å². The first kappa shape index (κ1) is 23.6. The van der Waals surface area contributed by atoms with E-state index in [1.807, 2.05) is 6.92 Å². The molecule has 1 atom stereocenters. The first-order valence-corrected chi connectivity index (χ1v) is 13.1. The molecule has 0 saturated carbocycles. The van der Waals surface area contributed by atoms with E-state index in [4.69, 9.17) is 9.97 Å². The van der Waals surface area contributed by atoms with Gasteiger partial charge in [0.05, 0.1) is 6.54 Å². The minimum absolute atomic E-state index is 0.503. The third-order valence-electron chi connectivity index (χ3n) is 5.59. The van der Waals surface area contributed by atoms with Gasteiger partial charge in [-0.3, -0.25) is 4.21 Å². The molecule has 0 bridgehead atoms. The Morgan fingerprint density at radius 3 is 2.52 bits per heavy atom. The van der Waals surface area contributed by atoms with Crippen LogP contribution in [0.15, 0.2) is 36.4 Å². The zero-order chi connectivity index (χ0) is 23.7. The van der Waals surface area contributed by atoms with E-state index in [9.17, 15) is 8.76 Å². The average molecular weight is 482 g/mol. The van der Waals surface area contributed by atoms with Crippen molar-refractivity contribution in [3.63, 3.8) is 0 Å². The second-order valence-electron chi connectivity index (χ2n) is 8.81. The van der Waals surface area contributed by atoms with Crippen LogP contribution in [0.25, 0.3) is 22.3 Å². The topological polar surface area (TPSA) is 82.9 Å². The van der Waals surface area contributed by atoms with E-state index in [1.54, 1.807) is 0 Å². The Morgan fingerprint density at radius 2 is 1.88 bits per heavy atom. The Kier molecular flexibility index (Phi) is 6.97. The summed E-state index contributed by atoms with van der Waals surface area (Å²) in [5.41, 5.74) is 7.08. The number of aromatic nitrogens is 3. The molecule has 0 saturated heterocycles. The standard InChI is InChI=1S/C25H30N4O2S2/c1-6-22-27-23-16(4)12-17(5)26-24(23)29(22)14-18-7-9-19(10-8-18)21-13-20(11-15(2)3)32-25(21)28-33(30)31/h7-10,12-13,15,28H,6,11,14H2,1-5H3,(H,30,31)/p-1. The highest BCUT2D eigenvalue weighted by Gasteiger charge is 2.15. The van der Waals surface area contributed by atoms with Gasteiger partial charge in [0, 0.05) is 33.8 Å². The van der Waals surface area contributed by atoms with Crippen molar-refractivity contribution in [2.24, 2.45) is 5.92 Å². The second-order valence-corrected chi connectivity index (χ2v) is 10.6. The summed E-state index contributed by atoms with van der Waals surface area (Å²) >= 11 is -0.851. The zero-order valence-electron chi connectivity index (χ0n) is 19.6. The highest BCUT2D eigenvalue weighted by atomic mass is 32.2. The fourth-order valence-electron chi connectivity index (χ4n) is 4.17. The minimum atomic E-state index is -2.35. The number of rotatable bonds is 8. The van der Waals surface area contributed by atoms with Gasteiger partial charge in [-0.15, -0.1) is 11.3 Å². The number of nitrogens with one attached hydrogen (secondary N) is 1. The van der Waals surface area contributed by atoms with E-state index in [0.717, 1.165) is 57.8 Å². The van der Waals surface area contributed by atoms with Crippen LogP contribution in [-0.2, 0) is 30.7 Å². The Morgan fingerprint density at radius 1 is 1.15 bits per heavy atom. The molecule has 3 aromatic heterocycles. The van der Waals surface area contributed by atoms with E-state index >= 15 is 0 Å². The van der Waals surface area contributed by atoms with Crippen LogP contribution in [0.2, 0.25) is 0 Å². The molecule has 174 valence electrons. The van der Waals surface area contributed by atoms with Gasteiger partial charge < -0.3 is 13.8 Å². The van der Waals surface area contributed by atoms with Gasteiger partial charge in [0.25, 0.3) is 0 Å². The molecule has 8 heteroatoms. The first-order valence-electron chi connectivity index (χ1n) is 11.2. The van der Waals surface area contributed by atoms with Crippen LogP contribution in [0, 0.1) is 19.8 Å². The summed E-state index contributed by atoms with van der Waals surface area (Å²) < 4.78 is 27.4. The SMILES string of the molecule is CCc1nc2c(C)cc(C)nc2n1Cc1ccc(-c2cc(CC(C)C)sc2NS(=O)[O-])cc1. The Balaban J connectivity index is 1.66. The number of aryl methyl sites for hydroxylation is 3. The molecule has 6 nitrogen and oxygen atoms in total. The smallest absolute Gasteiger partial charge is 0.160 e. The van der Waals surface area contributed by atoms with Gasteiger partial charge in [-0.1, -0.05) is 45.0 Å². The van der Waals surface area contributed by atoms with E-state index in [1.165, 1.54) is 16.2 Å². The molecule has 1 N–H and O–H groups in total. The van der Waals surface area contributed by atoms with Crippen LogP contribution in [0.5, 0.6) is 0 Å². The van der Waals surface area contributed by atoms with Gasteiger partial charge in [0.15, 0.2) is 5.65 Å². The molecular weight excluding hydrogens is 452 g/mol. The molecule has 1 unspecified atom stereocenters. The second kappa shape index (κ2) is 9.75. The monoisotopic (exact) mass is 481 g/mol. The van der Waals surface area contributed by atoms with Crippen molar-refractivity contribution >= 4 is 38.8 Å². The number of benzene rings is 1. The molecule has 33 heavy (non-hydrogen) atoms. The largest absolute Gasteiger partial charge is 0.755 e. The van der Waals surface area contributed by atoms with Crippen molar-refractivity contribution < 1.29 is 8.76 Å². The van der Waals surface area contributed by atoms with Gasteiger partial charge in [0.1, 0.15) is 16.3 Å². The third kappa shape index (κ3) is 5.18. The molecule has 0 aliphatic heterocycles. The highest BCUT2D eigenvalue weighted by Crippen LogP contribution is 2.38. The zero-order valence-corrected chi connectivity index (χ0v) is 21.3. The number of imidazole rings is 1. The number of hydrogen-bond acceptors (Lipinski definition) is 5. The predicted molar refractivity (Wildman–Crippen MR) is 136 cm³/mol. The minimum Gasteiger partial charge on any atom is -0.755 e. The molecule has 0 aliphatic rings. The van der Waals surface area contributed by atoms with Gasteiger partial charge in [-0.05, 0) is 55.0 Å². The first-order chi connectivity index (χ1) is 15.7. The normalized spacial score (nSPS) is 12.6. The summed E-state index contributed by atoms with van der Waals surface area (Å²) in [5.74, 6) is 1.53. The Hall–Kier alpha value is -2.55. The summed E-state index contributed by atoms with van der Waals surface area (Å²) in [6.07, 6.45) is 1.75. The summed E-state index contributed by atoms with van der Waals surface area (Å²) in [4.78, 5) is 10.8. The number of hydrogen-bond donors (Lipinski definition) is 1. The van der Waals surface area contributed by atoms with Crippen molar-refractivity contribution in [2.45, 2.75) is 54.0 Å². The summed E-state index contributed by atoms with van der Waals surface area (Å²) in [5, 5.41) is 0.663.